The largest absolute Gasteiger partial charge is 0.425 e. The van der Waals surface area contributed by atoms with Crippen molar-refractivity contribution in [1.82, 2.24) is 18.7 Å². The summed E-state index contributed by atoms with van der Waals surface area (Å²) in [7, 11) is 3.15. The monoisotopic (exact) mass is 442 g/mol. The van der Waals surface area contributed by atoms with Gasteiger partial charge in [0.2, 0.25) is 0 Å². The molecule has 0 saturated heterocycles. The van der Waals surface area contributed by atoms with Crippen molar-refractivity contribution in [1.29, 1.82) is 0 Å². The van der Waals surface area contributed by atoms with Crippen LogP contribution in [0.25, 0.3) is 21.9 Å². The molecule has 0 amide bonds. The van der Waals surface area contributed by atoms with Crippen LogP contribution in [0.3, 0.4) is 0 Å². The average molecular weight is 443 g/mol. The van der Waals surface area contributed by atoms with Crippen LogP contribution in [0.2, 0.25) is 0 Å². The molecular weight excluding hydrogens is 428 g/mol. The van der Waals surface area contributed by atoms with E-state index in [-0.39, 0.29) is 11.2 Å². The summed E-state index contributed by atoms with van der Waals surface area (Å²) in [5.41, 5.74) is -0.705. The molecule has 2 heterocycles. The van der Waals surface area contributed by atoms with Gasteiger partial charge in [-0.2, -0.15) is 0 Å². The lowest BCUT2D eigenvalue weighted by Crippen LogP contribution is -2.42. The van der Waals surface area contributed by atoms with Crippen molar-refractivity contribution in [2.24, 2.45) is 14.1 Å². The number of benzene rings is 2. The number of carbonyl (C=O) groups is 1. The zero-order valence-electron chi connectivity index (χ0n) is 15.0. The first-order chi connectivity index (χ1) is 13.3. The van der Waals surface area contributed by atoms with E-state index in [1.54, 1.807) is 19.2 Å². The third-order valence-electron chi connectivity index (χ3n) is 4.49. The third-order valence-corrected chi connectivity index (χ3v) is 4.99. The first-order valence-electron chi connectivity index (χ1n) is 8.36. The zero-order chi connectivity index (χ0) is 20.0. The summed E-state index contributed by atoms with van der Waals surface area (Å²) >= 11 is 3.41. The van der Waals surface area contributed by atoms with Crippen molar-refractivity contribution in [3.8, 4) is 5.75 Å². The van der Waals surface area contributed by atoms with Crippen molar-refractivity contribution >= 4 is 43.8 Å². The minimum atomic E-state index is -0.711. The van der Waals surface area contributed by atoms with Crippen LogP contribution in [-0.2, 0) is 25.4 Å². The highest BCUT2D eigenvalue weighted by molar-refractivity contribution is 9.10. The summed E-state index contributed by atoms with van der Waals surface area (Å²) in [6.45, 7) is -0.495. The van der Waals surface area contributed by atoms with E-state index in [0.29, 0.717) is 5.75 Å². The van der Waals surface area contributed by atoms with Crippen LogP contribution in [0.15, 0.2) is 56.8 Å². The number of aromatic nitrogens is 4. The fraction of sp³-hybridized carbons (Fsp3) is 0.158. The van der Waals surface area contributed by atoms with Gasteiger partial charge in [0, 0.05) is 18.6 Å². The van der Waals surface area contributed by atoms with Gasteiger partial charge >= 0.3 is 11.7 Å². The molecule has 0 fully saturated rings. The quantitative estimate of drug-likeness (QED) is 0.357. The minimum Gasteiger partial charge on any atom is -0.425 e. The second-order valence-electron chi connectivity index (χ2n) is 6.39. The fourth-order valence-corrected chi connectivity index (χ4v) is 3.47. The number of ether oxygens (including phenoxy) is 1. The van der Waals surface area contributed by atoms with Crippen LogP contribution in [-0.4, -0.2) is 24.7 Å². The van der Waals surface area contributed by atoms with Crippen LogP contribution in [0.4, 0.5) is 0 Å². The van der Waals surface area contributed by atoms with Crippen molar-refractivity contribution in [2.75, 3.05) is 0 Å². The van der Waals surface area contributed by atoms with Crippen molar-refractivity contribution in [2.45, 2.75) is 6.54 Å². The van der Waals surface area contributed by atoms with Gasteiger partial charge in [-0.25, -0.2) is 19.1 Å². The van der Waals surface area contributed by atoms with Crippen LogP contribution in [0, 0.1) is 0 Å². The van der Waals surface area contributed by atoms with E-state index in [4.69, 9.17) is 4.74 Å². The SMILES string of the molecule is Cn1cnc2c1c(=O)n(CC(=O)Oc1ccc3cc(Br)ccc3c1)c(=O)n2C. The number of hydrogen-bond acceptors (Lipinski definition) is 5. The molecular formula is C19H15BrN4O4. The topological polar surface area (TPSA) is 88.1 Å². The van der Waals surface area contributed by atoms with Crippen LogP contribution < -0.4 is 16.0 Å². The smallest absolute Gasteiger partial charge is 0.333 e. The number of aryl methyl sites for hydroxylation is 2. The van der Waals surface area contributed by atoms with E-state index < -0.39 is 23.8 Å². The number of carbonyl (C=O) groups excluding carboxylic acids is 1. The van der Waals surface area contributed by atoms with Crippen molar-refractivity contribution < 1.29 is 9.53 Å². The summed E-state index contributed by atoms with van der Waals surface area (Å²) in [6, 6.07) is 11.0. The Balaban J connectivity index is 1.66. The highest BCUT2D eigenvalue weighted by Crippen LogP contribution is 2.24. The molecule has 2 aromatic heterocycles. The van der Waals surface area contributed by atoms with Gasteiger partial charge in [0.25, 0.3) is 5.56 Å². The highest BCUT2D eigenvalue weighted by atomic mass is 79.9. The first kappa shape index (κ1) is 18.2. The molecule has 0 aliphatic carbocycles. The van der Waals surface area contributed by atoms with E-state index in [1.165, 1.54) is 22.5 Å². The summed E-state index contributed by atoms with van der Waals surface area (Å²) in [6.07, 6.45) is 1.45. The molecule has 4 rings (SSSR count). The molecule has 0 spiro atoms. The van der Waals surface area contributed by atoms with Gasteiger partial charge in [0.1, 0.15) is 12.3 Å². The van der Waals surface area contributed by atoms with Gasteiger partial charge in [-0.1, -0.05) is 28.1 Å². The summed E-state index contributed by atoms with van der Waals surface area (Å²) in [4.78, 5) is 41.6. The van der Waals surface area contributed by atoms with Gasteiger partial charge in [-0.05, 0) is 35.0 Å². The molecule has 0 aliphatic rings. The number of esters is 1. The summed E-state index contributed by atoms with van der Waals surface area (Å²) in [5.74, 6) is -0.372. The summed E-state index contributed by atoms with van der Waals surface area (Å²) < 4.78 is 9.90. The fourth-order valence-electron chi connectivity index (χ4n) is 3.09. The Morgan fingerprint density at radius 2 is 1.82 bits per heavy atom. The molecule has 28 heavy (non-hydrogen) atoms. The normalized spacial score (nSPS) is 11.2. The number of halogens is 1. The Kier molecular flexibility index (Phi) is 4.38. The Bertz CT molecular complexity index is 1370. The second kappa shape index (κ2) is 6.75. The van der Waals surface area contributed by atoms with Crippen LogP contribution in [0.1, 0.15) is 0 Å². The predicted octanol–water partition coefficient (Wildman–Crippen LogP) is 1.95. The van der Waals surface area contributed by atoms with Crippen molar-refractivity contribution in [3.63, 3.8) is 0 Å². The lowest BCUT2D eigenvalue weighted by Gasteiger charge is -2.09. The van der Waals surface area contributed by atoms with Gasteiger partial charge in [0.05, 0.1) is 6.33 Å². The third kappa shape index (κ3) is 3.03. The summed E-state index contributed by atoms with van der Waals surface area (Å²) in [5, 5.41) is 1.89. The van der Waals surface area contributed by atoms with E-state index in [1.807, 2.05) is 24.3 Å². The Morgan fingerprint density at radius 1 is 1.11 bits per heavy atom. The first-order valence-corrected chi connectivity index (χ1v) is 9.15. The molecule has 9 heteroatoms. The Hall–Kier alpha value is -3.20. The lowest BCUT2D eigenvalue weighted by atomic mass is 10.1. The molecule has 0 saturated carbocycles. The molecule has 8 nitrogen and oxygen atoms in total. The molecule has 0 bridgehead atoms. The molecule has 142 valence electrons. The maximum Gasteiger partial charge on any atom is 0.333 e. The van der Waals surface area contributed by atoms with Gasteiger partial charge in [-0.3, -0.25) is 9.36 Å². The molecule has 2 aromatic carbocycles. The number of rotatable bonds is 3. The molecule has 4 aromatic rings. The lowest BCUT2D eigenvalue weighted by molar-refractivity contribution is -0.135. The predicted molar refractivity (Wildman–Crippen MR) is 107 cm³/mol. The Morgan fingerprint density at radius 3 is 2.61 bits per heavy atom. The molecule has 0 atom stereocenters. The van der Waals surface area contributed by atoms with E-state index in [9.17, 15) is 14.4 Å². The zero-order valence-corrected chi connectivity index (χ0v) is 16.6. The number of nitrogens with zero attached hydrogens (tertiary/aromatic N) is 4. The molecule has 0 unspecified atom stereocenters. The maximum absolute atomic E-state index is 12.7. The Labute approximate surface area is 166 Å². The van der Waals surface area contributed by atoms with Crippen LogP contribution in [0.5, 0.6) is 5.75 Å². The van der Waals surface area contributed by atoms with E-state index >= 15 is 0 Å². The van der Waals surface area contributed by atoms with Gasteiger partial charge in [0.15, 0.2) is 11.2 Å². The highest BCUT2D eigenvalue weighted by Gasteiger charge is 2.18. The minimum absolute atomic E-state index is 0.242. The van der Waals surface area contributed by atoms with Crippen molar-refractivity contribution in [3.05, 3.63) is 68.0 Å². The molecule has 0 aliphatic heterocycles. The molecule has 0 N–H and O–H groups in total. The van der Waals surface area contributed by atoms with Gasteiger partial charge < -0.3 is 9.30 Å². The van der Waals surface area contributed by atoms with E-state index in [2.05, 4.69) is 20.9 Å². The molecule has 0 radical (unpaired) electrons. The number of hydrogen-bond donors (Lipinski definition) is 0. The number of imidazole rings is 1. The van der Waals surface area contributed by atoms with E-state index in [0.717, 1.165) is 19.8 Å². The number of fused-ring (bicyclic) bond motifs is 2. The van der Waals surface area contributed by atoms with Gasteiger partial charge in [-0.15, -0.1) is 0 Å². The standard InChI is InChI=1S/C19H15BrN4O4/c1-22-10-21-17-16(22)18(26)24(19(27)23(17)2)9-15(25)28-14-6-4-11-7-13(20)5-3-12(11)8-14/h3-8,10H,9H2,1-2H3. The second-order valence-corrected chi connectivity index (χ2v) is 7.30. The average Bonchev–Trinajstić information content (AvgIpc) is 3.05. The van der Waals surface area contributed by atoms with Crippen LogP contribution >= 0.6 is 15.9 Å². The maximum atomic E-state index is 12.7.